The van der Waals surface area contributed by atoms with Crippen LogP contribution in [0.15, 0.2) is 51.7 Å². The molecule has 3 rings (SSSR count). The zero-order valence-corrected chi connectivity index (χ0v) is 13.8. The fourth-order valence-electron chi connectivity index (χ4n) is 3.20. The molecule has 23 heavy (non-hydrogen) atoms. The molecule has 0 aliphatic carbocycles. The predicted octanol–water partition coefficient (Wildman–Crippen LogP) is 5.85. The van der Waals surface area contributed by atoms with Gasteiger partial charge in [0.2, 0.25) is 0 Å². The highest BCUT2D eigenvalue weighted by Crippen LogP contribution is 2.24. The van der Waals surface area contributed by atoms with Crippen molar-refractivity contribution in [3.8, 4) is 0 Å². The van der Waals surface area contributed by atoms with E-state index in [2.05, 4.69) is 25.1 Å². The Balaban J connectivity index is 1.82. The van der Waals surface area contributed by atoms with E-state index in [-0.39, 0.29) is 5.63 Å². The molecule has 0 N–H and O–H groups in total. The highest BCUT2D eigenvalue weighted by molar-refractivity contribution is 6.06. The smallest absolute Gasteiger partial charge is 0.343 e. The van der Waals surface area contributed by atoms with Gasteiger partial charge in [0.15, 0.2) is 0 Å². The van der Waals surface area contributed by atoms with Crippen LogP contribution in [0.25, 0.3) is 21.5 Å². The molecule has 0 bridgehead atoms. The van der Waals surface area contributed by atoms with E-state index in [0.717, 1.165) is 34.8 Å². The van der Waals surface area contributed by atoms with Crippen LogP contribution in [0.5, 0.6) is 0 Å². The molecule has 3 aromatic rings. The number of fused-ring (bicyclic) bond motifs is 3. The van der Waals surface area contributed by atoms with Gasteiger partial charge in [0.05, 0.1) is 5.39 Å². The van der Waals surface area contributed by atoms with Gasteiger partial charge >= 0.3 is 5.63 Å². The Morgan fingerprint density at radius 2 is 1.61 bits per heavy atom. The Labute approximate surface area is 137 Å². The lowest BCUT2D eigenvalue weighted by Crippen LogP contribution is -2.02. The van der Waals surface area contributed by atoms with Gasteiger partial charge < -0.3 is 4.42 Å². The maximum Gasteiger partial charge on any atom is 0.343 e. The minimum Gasteiger partial charge on any atom is -0.427 e. The SMILES string of the molecule is CCCCCCCCc1cc2c(ccc3ccccc32)c(=O)o1. The third kappa shape index (κ3) is 3.64. The number of benzene rings is 2. The van der Waals surface area contributed by atoms with Gasteiger partial charge in [0, 0.05) is 11.8 Å². The van der Waals surface area contributed by atoms with Crippen molar-refractivity contribution in [1.29, 1.82) is 0 Å². The summed E-state index contributed by atoms with van der Waals surface area (Å²) in [6.45, 7) is 2.23. The largest absolute Gasteiger partial charge is 0.427 e. The quantitative estimate of drug-likeness (QED) is 0.405. The average molecular weight is 308 g/mol. The second-order valence-electron chi connectivity index (χ2n) is 6.27. The maximum absolute atomic E-state index is 12.3. The minimum absolute atomic E-state index is 0.214. The molecule has 0 saturated carbocycles. The first-order chi connectivity index (χ1) is 11.3. The van der Waals surface area contributed by atoms with Crippen molar-refractivity contribution < 1.29 is 4.42 Å². The summed E-state index contributed by atoms with van der Waals surface area (Å²) in [6, 6.07) is 14.1. The van der Waals surface area contributed by atoms with Gasteiger partial charge in [-0.3, -0.25) is 0 Å². The average Bonchev–Trinajstić information content (AvgIpc) is 2.58. The lowest BCUT2D eigenvalue weighted by atomic mass is 10.0. The molecule has 0 saturated heterocycles. The minimum atomic E-state index is -0.214. The molecule has 1 aromatic heterocycles. The monoisotopic (exact) mass is 308 g/mol. The van der Waals surface area contributed by atoms with Gasteiger partial charge in [-0.1, -0.05) is 69.4 Å². The van der Waals surface area contributed by atoms with Crippen molar-refractivity contribution in [2.24, 2.45) is 0 Å². The summed E-state index contributed by atoms with van der Waals surface area (Å²) in [5, 5.41) is 3.98. The normalized spacial score (nSPS) is 11.3. The van der Waals surface area contributed by atoms with E-state index in [9.17, 15) is 4.79 Å². The zero-order chi connectivity index (χ0) is 16.1. The van der Waals surface area contributed by atoms with Crippen molar-refractivity contribution in [2.75, 3.05) is 0 Å². The van der Waals surface area contributed by atoms with Crippen molar-refractivity contribution in [2.45, 2.75) is 51.9 Å². The van der Waals surface area contributed by atoms with E-state index in [0.29, 0.717) is 5.39 Å². The number of aryl methyl sites for hydroxylation is 1. The second-order valence-corrected chi connectivity index (χ2v) is 6.27. The summed E-state index contributed by atoms with van der Waals surface area (Å²) in [7, 11) is 0. The van der Waals surface area contributed by atoms with Crippen LogP contribution in [0.2, 0.25) is 0 Å². The molecule has 0 spiro atoms. The van der Waals surface area contributed by atoms with E-state index >= 15 is 0 Å². The summed E-state index contributed by atoms with van der Waals surface area (Å²) in [4.78, 5) is 12.3. The second kappa shape index (κ2) is 7.45. The van der Waals surface area contributed by atoms with Crippen LogP contribution in [0.3, 0.4) is 0 Å². The van der Waals surface area contributed by atoms with E-state index < -0.39 is 0 Å². The molecular formula is C21H24O2. The predicted molar refractivity (Wildman–Crippen MR) is 97.1 cm³/mol. The van der Waals surface area contributed by atoms with Crippen molar-refractivity contribution in [3.63, 3.8) is 0 Å². The van der Waals surface area contributed by atoms with Gasteiger partial charge in [-0.2, -0.15) is 0 Å². The van der Waals surface area contributed by atoms with Crippen LogP contribution in [-0.4, -0.2) is 0 Å². The van der Waals surface area contributed by atoms with Crippen LogP contribution in [0, 0.1) is 0 Å². The Morgan fingerprint density at radius 3 is 2.48 bits per heavy atom. The molecule has 0 radical (unpaired) electrons. The first-order valence-electron chi connectivity index (χ1n) is 8.74. The Hall–Kier alpha value is -2.09. The molecule has 0 aliphatic rings. The lowest BCUT2D eigenvalue weighted by Gasteiger charge is -2.06. The Morgan fingerprint density at radius 1 is 0.826 bits per heavy atom. The number of unbranched alkanes of at least 4 members (excludes halogenated alkanes) is 5. The maximum atomic E-state index is 12.3. The Bertz CT molecular complexity index is 845. The molecular weight excluding hydrogens is 284 g/mol. The molecule has 2 heteroatoms. The first-order valence-corrected chi connectivity index (χ1v) is 8.74. The summed E-state index contributed by atoms with van der Waals surface area (Å²) in [5.74, 6) is 0.814. The topological polar surface area (TPSA) is 30.2 Å². The van der Waals surface area contributed by atoms with E-state index in [1.165, 1.54) is 32.1 Å². The van der Waals surface area contributed by atoms with Crippen LogP contribution in [0.1, 0.15) is 51.2 Å². The first kappa shape index (κ1) is 15.8. The molecule has 0 amide bonds. The molecule has 1 heterocycles. The van der Waals surface area contributed by atoms with Crippen molar-refractivity contribution in [1.82, 2.24) is 0 Å². The molecule has 120 valence electrons. The molecule has 2 nitrogen and oxygen atoms in total. The fraction of sp³-hybridized carbons (Fsp3) is 0.381. The number of rotatable bonds is 7. The third-order valence-electron chi connectivity index (χ3n) is 4.50. The van der Waals surface area contributed by atoms with Gasteiger partial charge in [0.1, 0.15) is 5.76 Å². The van der Waals surface area contributed by atoms with Crippen molar-refractivity contribution >= 4 is 21.5 Å². The molecule has 0 fully saturated rings. The standard InChI is InChI=1S/C21H24O2/c1-2-3-4-5-6-7-11-17-15-20-18-12-9-8-10-16(18)13-14-19(20)21(22)23-17/h8-10,12-15H,2-7,11H2,1H3. The van der Waals surface area contributed by atoms with Crippen LogP contribution in [-0.2, 0) is 6.42 Å². The zero-order valence-electron chi connectivity index (χ0n) is 13.8. The van der Waals surface area contributed by atoms with Crippen LogP contribution >= 0.6 is 0 Å². The highest BCUT2D eigenvalue weighted by Gasteiger charge is 2.07. The fourth-order valence-corrected chi connectivity index (χ4v) is 3.20. The summed E-state index contributed by atoms with van der Waals surface area (Å²) < 4.78 is 5.51. The van der Waals surface area contributed by atoms with E-state index in [1.807, 2.05) is 24.3 Å². The molecule has 0 unspecified atom stereocenters. The summed E-state index contributed by atoms with van der Waals surface area (Å²) >= 11 is 0. The van der Waals surface area contributed by atoms with Crippen LogP contribution < -0.4 is 5.63 Å². The highest BCUT2D eigenvalue weighted by atomic mass is 16.4. The Kier molecular flexibility index (Phi) is 5.12. The van der Waals surface area contributed by atoms with E-state index in [4.69, 9.17) is 4.42 Å². The molecule has 0 aliphatic heterocycles. The van der Waals surface area contributed by atoms with Gasteiger partial charge in [-0.05, 0) is 29.3 Å². The van der Waals surface area contributed by atoms with Crippen LogP contribution in [0.4, 0.5) is 0 Å². The number of hydrogen-bond acceptors (Lipinski definition) is 2. The lowest BCUT2D eigenvalue weighted by molar-refractivity contribution is 0.455. The molecule has 0 atom stereocenters. The summed E-state index contributed by atoms with van der Waals surface area (Å²) in [5.41, 5.74) is -0.214. The number of hydrogen-bond donors (Lipinski definition) is 0. The van der Waals surface area contributed by atoms with E-state index in [1.54, 1.807) is 0 Å². The van der Waals surface area contributed by atoms with Crippen molar-refractivity contribution in [3.05, 3.63) is 58.6 Å². The summed E-state index contributed by atoms with van der Waals surface area (Å²) in [6.07, 6.45) is 8.31. The van der Waals surface area contributed by atoms with Gasteiger partial charge in [-0.25, -0.2) is 4.79 Å². The molecule has 2 aromatic carbocycles. The van der Waals surface area contributed by atoms with Gasteiger partial charge in [-0.15, -0.1) is 0 Å². The van der Waals surface area contributed by atoms with Gasteiger partial charge in [0.25, 0.3) is 0 Å². The third-order valence-corrected chi connectivity index (χ3v) is 4.50.